The number of para-hydroxylation sites is 1. The van der Waals surface area contributed by atoms with Crippen molar-refractivity contribution >= 4 is 45.9 Å². The van der Waals surface area contributed by atoms with E-state index in [1.807, 2.05) is 110 Å². The molecular weight excluding hydrogens is 797 g/mol. The molecule has 0 bridgehead atoms. The predicted molar refractivity (Wildman–Crippen MR) is 247 cm³/mol. The van der Waals surface area contributed by atoms with E-state index in [4.69, 9.17) is 4.74 Å². The van der Waals surface area contributed by atoms with Crippen LogP contribution in [0.3, 0.4) is 0 Å². The maximum atomic E-state index is 13.2. The first-order chi connectivity index (χ1) is 30.5. The number of carbonyl (C=O) groups excluding carboxylic acids is 3. The summed E-state index contributed by atoms with van der Waals surface area (Å²) in [6.45, 7) is 4.33. The maximum absolute atomic E-state index is 13.2. The number of aromatic hydroxyl groups is 1. The van der Waals surface area contributed by atoms with Crippen molar-refractivity contribution in [3.8, 4) is 16.9 Å². The fraction of sp³-hybridized carbons (Fsp3) is 0.280. The monoisotopic (exact) mass is 850 g/mol. The highest BCUT2D eigenvalue weighted by molar-refractivity contribution is 5.94. The number of rotatable bonds is 16. The summed E-state index contributed by atoms with van der Waals surface area (Å²) in [6, 6.07) is 38.7. The van der Waals surface area contributed by atoms with Gasteiger partial charge in [-0.1, -0.05) is 78.9 Å². The van der Waals surface area contributed by atoms with Gasteiger partial charge in [0.25, 0.3) is 0 Å². The molecule has 2 atom stereocenters. The van der Waals surface area contributed by atoms with Gasteiger partial charge in [0.2, 0.25) is 17.4 Å². The van der Waals surface area contributed by atoms with Crippen LogP contribution in [0, 0.1) is 0 Å². The lowest BCUT2D eigenvalue weighted by molar-refractivity contribution is -0.119. The van der Waals surface area contributed by atoms with Crippen molar-refractivity contribution in [3.05, 3.63) is 154 Å². The third kappa shape index (κ3) is 12.0. The molecule has 0 aliphatic carbocycles. The van der Waals surface area contributed by atoms with E-state index in [-0.39, 0.29) is 53.8 Å². The van der Waals surface area contributed by atoms with Gasteiger partial charge in [-0.15, -0.1) is 0 Å². The van der Waals surface area contributed by atoms with Crippen molar-refractivity contribution in [3.63, 3.8) is 0 Å². The summed E-state index contributed by atoms with van der Waals surface area (Å²) >= 11 is 0. The number of aliphatic hydroxyl groups excluding tert-OH is 1. The molecule has 1 aliphatic heterocycles. The number of H-pyrrole nitrogens is 1. The second kappa shape index (κ2) is 20.8. The van der Waals surface area contributed by atoms with Crippen molar-refractivity contribution in [2.45, 2.75) is 57.3 Å². The van der Waals surface area contributed by atoms with Crippen LogP contribution in [0.2, 0.25) is 0 Å². The first-order valence-corrected chi connectivity index (χ1v) is 21.3. The highest BCUT2D eigenvalue weighted by Crippen LogP contribution is 2.30. The van der Waals surface area contributed by atoms with E-state index in [2.05, 4.69) is 25.8 Å². The molecular formula is C50H54N6O7. The van der Waals surface area contributed by atoms with Gasteiger partial charge in [-0.05, 0) is 90.9 Å². The number of ether oxygens (including phenoxy) is 1. The molecule has 1 aromatic heterocycles. The number of anilines is 3. The Hall–Kier alpha value is -6.80. The molecule has 2 heterocycles. The topological polar surface area (TPSA) is 176 Å². The highest BCUT2D eigenvalue weighted by atomic mass is 16.6. The van der Waals surface area contributed by atoms with Crippen molar-refractivity contribution in [2.24, 2.45) is 0 Å². The number of amides is 3. The molecule has 6 N–H and O–H groups in total. The number of hydrogen-bond acceptors (Lipinski definition) is 9. The standard InChI is InChI=1S/C50H54N6O7/c1-33(51-32-45(58)41-19-21-44(57)49-42(41)20-22-46(59)54-49)29-35-9-8-12-37(30-35)52-47(60)31-34-15-17-38(18-16-34)55(2)48(61)25-28-56-26-23-39(24-27-56)63-50(62)53-43-14-7-6-13-40(43)36-10-4-3-5-11-36/h3-22,30,33,39,45,51,57-58H,23-29,31-32H2,1-2H3,(H,52,60)(H,53,62)(H,54,59)/t33-,45+/m1/s1. The summed E-state index contributed by atoms with van der Waals surface area (Å²) in [7, 11) is 1.76. The SMILES string of the molecule is C[C@H](Cc1cccc(NC(=O)Cc2ccc(N(C)C(=O)CCN3CCC(OC(=O)Nc4ccccc4-c4ccccc4)CC3)cc2)c1)NC[C@H](O)c1ccc(O)c2[nH]c(=O)ccc12. The number of fused-ring (bicyclic) bond motifs is 1. The maximum Gasteiger partial charge on any atom is 0.411 e. The molecule has 7 rings (SSSR count). The van der Waals surface area contributed by atoms with E-state index in [1.165, 1.54) is 12.1 Å². The predicted octanol–water partition coefficient (Wildman–Crippen LogP) is 7.40. The first-order valence-electron chi connectivity index (χ1n) is 21.3. The third-order valence-corrected chi connectivity index (χ3v) is 11.4. The quantitative estimate of drug-likeness (QED) is 0.0580. The summed E-state index contributed by atoms with van der Waals surface area (Å²) in [5.74, 6) is -0.234. The number of likely N-dealkylation sites (tertiary alicyclic amines) is 1. The van der Waals surface area contributed by atoms with E-state index >= 15 is 0 Å². The zero-order valence-corrected chi connectivity index (χ0v) is 35.6. The Bertz CT molecular complexity index is 2570. The van der Waals surface area contributed by atoms with Crippen LogP contribution in [0.25, 0.3) is 22.0 Å². The summed E-state index contributed by atoms with van der Waals surface area (Å²) in [6.07, 6.45) is 0.999. The number of phenols is 1. The van der Waals surface area contributed by atoms with Gasteiger partial charge in [-0.3, -0.25) is 19.7 Å². The molecule has 0 saturated carbocycles. The molecule has 13 heteroatoms. The number of carbonyl (C=O) groups is 3. The van der Waals surface area contributed by atoms with Crippen molar-refractivity contribution in [1.29, 1.82) is 0 Å². The second-order valence-electron chi connectivity index (χ2n) is 16.1. The summed E-state index contributed by atoms with van der Waals surface area (Å²) in [5, 5.41) is 31.0. The summed E-state index contributed by atoms with van der Waals surface area (Å²) < 4.78 is 5.78. The second-order valence-corrected chi connectivity index (χ2v) is 16.1. The third-order valence-electron chi connectivity index (χ3n) is 11.4. The van der Waals surface area contributed by atoms with E-state index in [9.17, 15) is 29.4 Å². The van der Waals surface area contributed by atoms with Crippen molar-refractivity contribution in [2.75, 3.05) is 48.8 Å². The molecule has 3 amide bonds. The molecule has 13 nitrogen and oxygen atoms in total. The normalized spacial score (nSPS) is 14.1. The molecule has 1 aliphatic rings. The number of nitrogens with one attached hydrogen (secondary N) is 4. The Morgan fingerprint density at radius 1 is 0.857 bits per heavy atom. The lowest BCUT2D eigenvalue weighted by atomic mass is 10.0. The lowest BCUT2D eigenvalue weighted by Gasteiger charge is -2.31. The van der Waals surface area contributed by atoms with Crippen LogP contribution < -0.4 is 26.4 Å². The van der Waals surface area contributed by atoms with Crippen molar-refractivity contribution < 1.29 is 29.3 Å². The molecule has 0 radical (unpaired) electrons. The van der Waals surface area contributed by atoms with E-state index in [0.717, 1.165) is 41.0 Å². The Labute approximate surface area is 366 Å². The van der Waals surface area contributed by atoms with Crippen molar-refractivity contribution in [1.82, 2.24) is 15.2 Å². The van der Waals surface area contributed by atoms with Gasteiger partial charge in [0.15, 0.2) is 0 Å². The minimum atomic E-state index is -0.873. The smallest absolute Gasteiger partial charge is 0.411 e. The number of pyridine rings is 1. The number of aromatic amines is 1. The van der Waals surface area contributed by atoms with Gasteiger partial charge in [-0.2, -0.15) is 0 Å². The van der Waals surface area contributed by atoms with Crippen LogP contribution in [0.15, 0.2) is 132 Å². The molecule has 1 saturated heterocycles. The van der Waals surface area contributed by atoms with Crippen LogP contribution >= 0.6 is 0 Å². The van der Waals surface area contributed by atoms with Gasteiger partial charge < -0.3 is 40.4 Å². The highest BCUT2D eigenvalue weighted by Gasteiger charge is 2.24. The molecule has 1 fully saturated rings. The summed E-state index contributed by atoms with van der Waals surface area (Å²) in [4.78, 5) is 57.3. The largest absolute Gasteiger partial charge is 0.506 e. The van der Waals surface area contributed by atoms with Gasteiger partial charge in [-0.25, -0.2) is 4.79 Å². The molecule has 0 unspecified atom stereocenters. The van der Waals surface area contributed by atoms with Crippen LogP contribution in [0.5, 0.6) is 5.75 Å². The average molecular weight is 851 g/mol. The van der Waals surface area contributed by atoms with Gasteiger partial charge in [0, 0.05) is 74.1 Å². The number of aromatic nitrogens is 1. The van der Waals surface area contributed by atoms with Crippen LogP contribution in [-0.2, 0) is 27.2 Å². The van der Waals surface area contributed by atoms with E-state index in [0.29, 0.717) is 54.6 Å². The van der Waals surface area contributed by atoms with E-state index < -0.39 is 12.2 Å². The van der Waals surface area contributed by atoms with Gasteiger partial charge in [0.05, 0.1) is 23.7 Å². The number of phenolic OH excluding ortho intramolecular Hbond substituents is 1. The van der Waals surface area contributed by atoms with Gasteiger partial charge >= 0.3 is 6.09 Å². The van der Waals surface area contributed by atoms with Crippen LogP contribution in [-0.4, -0.2) is 83.4 Å². The molecule has 5 aromatic carbocycles. The number of piperidine rings is 1. The number of hydrogen-bond donors (Lipinski definition) is 6. The minimum Gasteiger partial charge on any atom is -0.506 e. The fourth-order valence-corrected chi connectivity index (χ4v) is 7.97. The van der Waals surface area contributed by atoms with E-state index in [1.54, 1.807) is 24.1 Å². The first kappa shape index (κ1) is 44.3. The number of aliphatic hydroxyl groups is 1. The number of benzene rings is 5. The Morgan fingerprint density at radius 3 is 2.38 bits per heavy atom. The number of nitrogens with zero attached hydrogens (tertiary/aromatic N) is 2. The zero-order chi connectivity index (χ0) is 44.3. The lowest BCUT2D eigenvalue weighted by Crippen LogP contribution is -2.40. The van der Waals surface area contributed by atoms with Gasteiger partial charge in [0.1, 0.15) is 11.9 Å². The minimum absolute atomic E-state index is 0.00754. The Morgan fingerprint density at radius 2 is 1.60 bits per heavy atom. The molecule has 63 heavy (non-hydrogen) atoms. The molecule has 326 valence electrons. The fourth-order valence-electron chi connectivity index (χ4n) is 7.97. The summed E-state index contributed by atoms with van der Waals surface area (Å²) in [5.41, 5.74) is 6.43. The Kier molecular flexibility index (Phi) is 14.6. The van der Waals surface area contributed by atoms with Crippen LogP contribution in [0.4, 0.5) is 21.9 Å². The Balaban J connectivity index is 0.806. The average Bonchev–Trinajstić information content (AvgIpc) is 3.28. The molecule has 0 spiro atoms. The molecule has 6 aromatic rings. The van der Waals surface area contributed by atoms with Crippen LogP contribution in [0.1, 0.15) is 49.0 Å². The zero-order valence-electron chi connectivity index (χ0n) is 35.6.